The summed E-state index contributed by atoms with van der Waals surface area (Å²) in [6.45, 7) is 0.451. The van der Waals surface area contributed by atoms with Gasteiger partial charge in [0, 0.05) is 18.2 Å². The van der Waals surface area contributed by atoms with E-state index in [2.05, 4.69) is 0 Å². The molecule has 1 amide bonds. The first-order chi connectivity index (χ1) is 10.6. The summed E-state index contributed by atoms with van der Waals surface area (Å²) in [6.07, 6.45) is 3.48. The molecule has 118 valence electrons. The van der Waals surface area contributed by atoms with Crippen molar-refractivity contribution in [2.45, 2.75) is 31.7 Å². The Balaban J connectivity index is 1.90. The summed E-state index contributed by atoms with van der Waals surface area (Å²) in [6, 6.07) is 5.89. The minimum Gasteiger partial charge on any atom is -0.497 e. The zero-order chi connectivity index (χ0) is 15.7. The van der Waals surface area contributed by atoms with Crippen LogP contribution >= 0.6 is 0 Å². The van der Waals surface area contributed by atoms with Crippen LogP contribution in [0.15, 0.2) is 18.2 Å². The zero-order valence-electron chi connectivity index (χ0n) is 13.0. The summed E-state index contributed by atoms with van der Waals surface area (Å²) in [5.41, 5.74) is 1.77. The van der Waals surface area contributed by atoms with E-state index in [0.717, 1.165) is 31.2 Å². The zero-order valence-corrected chi connectivity index (χ0v) is 13.0. The monoisotopic (exact) mass is 303 g/mol. The van der Waals surface area contributed by atoms with Crippen molar-refractivity contribution in [3.63, 3.8) is 0 Å². The second-order valence-electron chi connectivity index (χ2n) is 5.97. The predicted molar refractivity (Wildman–Crippen MR) is 80.9 cm³/mol. The van der Waals surface area contributed by atoms with E-state index in [1.54, 1.807) is 7.11 Å². The second-order valence-corrected chi connectivity index (χ2v) is 5.97. The van der Waals surface area contributed by atoms with Gasteiger partial charge in [-0.05, 0) is 43.4 Å². The number of hydrogen-bond acceptors (Lipinski definition) is 4. The molecule has 3 rings (SSSR count). The summed E-state index contributed by atoms with van der Waals surface area (Å²) in [7, 11) is 3.00. The number of nitrogens with zero attached hydrogens (tertiary/aromatic N) is 1. The first kappa shape index (κ1) is 14.9. The van der Waals surface area contributed by atoms with Crippen LogP contribution in [0.25, 0.3) is 0 Å². The Labute approximate surface area is 130 Å². The van der Waals surface area contributed by atoms with Crippen LogP contribution in [0.5, 0.6) is 5.75 Å². The third kappa shape index (κ3) is 2.56. The molecule has 2 aliphatic heterocycles. The maximum Gasteiger partial charge on any atom is 0.310 e. The maximum absolute atomic E-state index is 12.9. The lowest BCUT2D eigenvalue weighted by molar-refractivity contribution is -0.147. The van der Waals surface area contributed by atoms with Gasteiger partial charge in [-0.25, -0.2) is 0 Å². The van der Waals surface area contributed by atoms with E-state index in [-0.39, 0.29) is 23.8 Å². The Bertz CT molecular complexity index is 598. The highest BCUT2D eigenvalue weighted by atomic mass is 16.5. The van der Waals surface area contributed by atoms with Gasteiger partial charge in [-0.3, -0.25) is 9.59 Å². The second kappa shape index (κ2) is 5.99. The van der Waals surface area contributed by atoms with Gasteiger partial charge in [0.05, 0.1) is 20.1 Å². The molecule has 22 heavy (non-hydrogen) atoms. The molecule has 5 nitrogen and oxygen atoms in total. The maximum atomic E-state index is 12.9. The van der Waals surface area contributed by atoms with Gasteiger partial charge in [0.25, 0.3) is 5.91 Å². The molecule has 0 N–H and O–H groups in total. The summed E-state index contributed by atoms with van der Waals surface area (Å²) >= 11 is 0. The van der Waals surface area contributed by atoms with Gasteiger partial charge in [-0.15, -0.1) is 0 Å². The number of carbonyl (C=O) groups excluding carboxylic acids is 2. The van der Waals surface area contributed by atoms with Crippen molar-refractivity contribution in [1.82, 2.24) is 4.90 Å². The number of aryl methyl sites for hydroxylation is 1. The number of amides is 1. The molecule has 0 spiro atoms. The topological polar surface area (TPSA) is 55.8 Å². The highest BCUT2D eigenvalue weighted by Crippen LogP contribution is 2.32. The molecule has 2 atom stereocenters. The third-order valence-electron chi connectivity index (χ3n) is 4.80. The smallest absolute Gasteiger partial charge is 0.310 e. The van der Waals surface area contributed by atoms with E-state index >= 15 is 0 Å². The van der Waals surface area contributed by atoms with Crippen molar-refractivity contribution in [1.29, 1.82) is 0 Å². The number of ether oxygens (including phenoxy) is 2. The largest absolute Gasteiger partial charge is 0.497 e. The highest BCUT2D eigenvalue weighted by molar-refractivity contribution is 5.97. The van der Waals surface area contributed by atoms with E-state index < -0.39 is 0 Å². The van der Waals surface area contributed by atoms with Crippen molar-refractivity contribution in [2.75, 3.05) is 20.8 Å². The first-order valence-electron chi connectivity index (χ1n) is 7.69. The molecular weight excluding hydrogens is 282 g/mol. The molecule has 0 bridgehead atoms. The van der Waals surface area contributed by atoms with Crippen LogP contribution < -0.4 is 4.74 Å². The number of carbonyl (C=O) groups is 2. The Morgan fingerprint density at radius 1 is 1.23 bits per heavy atom. The average Bonchev–Trinajstić information content (AvgIpc) is 2.71. The molecule has 1 aromatic carbocycles. The normalized spacial score (nSPS) is 24.1. The van der Waals surface area contributed by atoms with Crippen molar-refractivity contribution in [3.05, 3.63) is 29.3 Å². The molecule has 0 aromatic heterocycles. The van der Waals surface area contributed by atoms with Gasteiger partial charge in [-0.2, -0.15) is 0 Å². The minimum absolute atomic E-state index is 0.00463. The SMILES string of the molecule is COC(=O)[C@H]1CC[C@H]2CCc3ccc(OC)cc3C(=O)N2C1. The summed E-state index contributed by atoms with van der Waals surface area (Å²) in [5, 5.41) is 0. The van der Waals surface area contributed by atoms with Gasteiger partial charge >= 0.3 is 5.97 Å². The lowest BCUT2D eigenvalue weighted by atomic mass is 9.91. The molecule has 1 fully saturated rings. The van der Waals surface area contributed by atoms with Crippen LogP contribution in [0, 0.1) is 5.92 Å². The van der Waals surface area contributed by atoms with Crippen molar-refractivity contribution in [3.8, 4) is 5.75 Å². The fourth-order valence-corrected chi connectivity index (χ4v) is 3.51. The number of rotatable bonds is 2. The van der Waals surface area contributed by atoms with Gasteiger partial charge in [0.1, 0.15) is 5.75 Å². The summed E-state index contributed by atoms with van der Waals surface area (Å²) in [5.74, 6) is 0.260. The predicted octanol–water partition coefficient (Wildman–Crippen LogP) is 2.04. The third-order valence-corrected chi connectivity index (χ3v) is 4.80. The van der Waals surface area contributed by atoms with Crippen molar-refractivity contribution >= 4 is 11.9 Å². The number of hydrogen-bond donors (Lipinski definition) is 0. The van der Waals surface area contributed by atoms with E-state index in [4.69, 9.17) is 9.47 Å². The van der Waals surface area contributed by atoms with E-state index in [1.165, 1.54) is 7.11 Å². The summed E-state index contributed by atoms with van der Waals surface area (Å²) in [4.78, 5) is 26.6. The standard InChI is InChI=1S/C17H21NO4/c1-21-14-8-5-11-3-6-13-7-4-12(17(20)22-2)10-18(13)16(19)15(11)9-14/h5,8-9,12-13H,3-4,6-7,10H2,1-2H3/t12-,13+/m0/s1. The van der Waals surface area contributed by atoms with Gasteiger partial charge in [0.15, 0.2) is 0 Å². The van der Waals surface area contributed by atoms with Crippen LogP contribution in [0.4, 0.5) is 0 Å². The van der Waals surface area contributed by atoms with Crippen LogP contribution in [0.2, 0.25) is 0 Å². The van der Waals surface area contributed by atoms with Crippen molar-refractivity contribution < 1.29 is 19.1 Å². The molecule has 2 heterocycles. The average molecular weight is 303 g/mol. The van der Waals surface area contributed by atoms with E-state index in [0.29, 0.717) is 17.9 Å². The Morgan fingerprint density at radius 3 is 2.77 bits per heavy atom. The number of methoxy groups -OCH3 is 2. The lowest BCUT2D eigenvalue weighted by Gasteiger charge is -2.37. The highest BCUT2D eigenvalue weighted by Gasteiger charge is 2.37. The number of piperidine rings is 1. The molecule has 0 aliphatic carbocycles. The first-order valence-corrected chi connectivity index (χ1v) is 7.69. The fraction of sp³-hybridized carbons (Fsp3) is 0.529. The van der Waals surface area contributed by atoms with Gasteiger partial charge in [0.2, 0.25) is 0 Å². The molecule has 0 unspecified atom stereocenters. The van der Waals surface area contributed by atoms with Gasteiger partial charge < -0.3 is 14.4 Å². The van der Waals surface area contributed by atoms with Crippen LogP contribution in [-0.4, -0.2) is 43.6 Å². The molecule has 5 heteroatoms. The molecule has 1 aromatic rings. The van der Waals surface area contributed by atoms with E-state index in [1.807, 2.05) is 23.1 Å². The Hall–Kier alpha value is -2.04. The Morgan fingerprint density at radius 2 is 2.05 bits per heavy atom. The molecular formula is C17H21NO4. The van der Waals surface area contributed by atoms with E-state index in [9.17, 15) is 9.59 Å². The number of benzene rings is 1. The summed E-state index contributed by atoms with van der Waals surface area (Å²) < 4.78 is 10.1. The van der Waals surface area contributed by atoms with Crippen LogP contribution in [0.3, 0.4) is 0 Å². The fourth-order valence-electron chi connectivity index (χ4n) is 3.51. The molecule has 2 aliphatic rings. The molecule has 0 saturated carbocycles. The minimum atomic E-state index is -0.221. The van der Waals surface area contributed by atoms with Crippen LogP contribution in [0.1, 0.15) is 35.2 Å². The number of esters is 1. The molecule has 1 saturated heterocycles. The Kier molecular flexibility index (Phi) is 4.05. The lowest BCUT2D eigenvalue weighted by Crippen LogP contribution is -2.48. The number of fused-ring (bicyclic) bond motifs is 2. The quantitative estimate of drug-likeness (QED) is 0.785. The van der Waals surface area contributed by atoms with Gasteiger partial charge in [-0.1, -0.05) is 6.07 Å². The molecule has 0 radical (unpaired) electrons. The van der Waals surface area contributed by atoms with Crippen LogP contribution in [-0.2, 0) is 16.0 Å². The van der Waals surface area contributed by atoms with Crippen molar-refractivity contribution in [2.24, 2.45) is 5.92 Å².